The SMILES string of the molecule is COc1cccc(OCC(=O)NC2C3CCCC2CC(N)C3)c1.Cl. The topological polar surface area (TPSA) is 73.6 Å². The van der Waals surface area contributed by atoms with E-state index in [1.807, 2.05) is 18.2 Å². The van der Waals surface area contributed by atoms with Gasteiger partial charge in [-0.05, 0) is 49.7 Å². The molecule has 1 aromatic carbocycles. The van der Waals surface area contributed by atoms with E-state index in [9.17, 15) is 4.79 Å². The summed E-state index contributed by atoms with van der Waals surface area (Å²) in [7, 11) is 1.61. The maximum Gasteiger partial charge on any atom is 0.258 e. The van der Waals surface area contributed by atoms with Gasteiger partial charge in [-0.15, -0.1) is 12.4 Å². The summed E-state index contributed by atoms with van der Waals surface area (Å²) in [6.07, 6.45) is 5.66. The lowest BCUT2D eigenvalue weighted by Crippen LogP contribution is -2.54. The van der Waals surface area contributed by atoms with E-state index in [1.165, 1.54) is 19.3 Å². The second-order valence-corrected chi connectivity index (χ2v) is 6.74. The van der Waals surface area contributed by atoms with Gasteiger partial charge in [-0.25, -0.2) is 0 Å². The molecule has 0 radical (unpaired) electrons. The summed E-state index contributed by atoms with van der Waals surface area (Å²) < 4.78 is 10.7. The summed E-state index contributed by atoms with van der Waals surface area (Å²) in [6.45, 7) is 0.0369. The zero-order valence-electron chi connectivity index (χ0n) is 14.1. The zero-order chi connectivity index (χ0) is 16.2. The number of carbonyl (C=O) groups is 1. The van der Waals surface area contributed by atoms with E-state index in [0.29, 0.717) is 23.6 Å². The lowest BCUT2D eigenvalue weighted by molar-refractivity contribution is -0.125. The van der Waals surface area contributed by atoms with Crippen LogP contribution in [-0.4, -0.2) is 31.7 Å². The van der Waals surface area contributed by atoms with Crippen LogP contribution in [0.25, 0.3) is 0 Å². The van der Waals surface area contributed by atoms with Crippen molar-refractivity contribution in [3.05, 3.63) is 24.3 Å². The Kier molecular flexibility index (Phi) is 6.75. The maximum absolute atomic E-state index is 12.3. The molecule has 2 fully saturated rings. The lowest BCUT2D eigenvalue weighted by atomic mass is 9.67. The van der Waals surface area contributed by atoms with Crippen molar-refractivity contribution in [2.45, 2.75) is 44.2 Å². The van der Waals surface area contributed by atoms with Crippen LogP contribution >= 0.6 is 12.4 Å². The fourth-order valence-corrected chi connectivity index (χ4v) is 4.09. The molecule has 1 amide bonds. The van der Waals surface area contributed by atoms with Crippen LogP contribution < -0.4 is 20.5 Å². The van der Waals surface area contributed by atoms with Gasteiger partial charge in [0.05, 0.1) is 7.11 Å². The number of carbonyl (C=O) groups excluding carboxylic acids is 1. The van der Waals surface area contributed by atoms with Crippen LogP contribution in [0.1, 0.15) is 32.1 Å². The van der Waals surface area contributed by atoms with Gasteiger partial charge < -0.3 is 20.5 Å². The van der Waals surface area contributed by atoms with Crippen molar-refractivity contribution in [3.8, 4) is 11.5 Å². The number of nitrogens with two attached hydrogens (primary N) is 1. The average Bonchev–Trinajstić information content (AvgIpc) is 2.54. The Morgan fingerprint density at radius 2 is 1.92 bits per heavy atom. The van der Waals surface area contributed by atoms with Crippen LogP contribution in [0, 0.1) is 11.8 Å². The van der Waals surface area contributed by atoms with Gasteiger partial charge in [0.2, 0.25) is 0 Å². The smallest absolute Gasteiger partial charge is 0.258 e. The highest BCUT2D eigenvalue weighted by Gasteiger charge is 2.39. The fourth-order valence-electron chi connectivity index (χ4n) is 4.09. The summed E-state index contributed by atoms with van der Waals surface area (Å²) in [4.78, 5) is 12.3. The molecule has 0 aromatic heterocycles. The second-order valence-electron chi connectivity index (χ2n) is 6.74. The highest BCUT2D eigenvalue weighted by Crippen LogP contribution is 2.39. The van der Waals surface area contributed by atoms with Gasteiger partial charge in [-0.3, -0.25) is 4.79 Å². The molecule has 5 nitrogen and oxygen atoms in total. The summed E-state index contributed by atoms with van der Waals surface area (Å²) in [5.41, 5.74) is 6.13. The molecule has 3 N–H and O–H groups in total. The van der Waals surface area contributed by atoms with Crippen molar-refractivity contribution < 1.29 is 14.3 Å². The maximum atomic E-state index is 12.3. The molecule has 1 aromatic rings. The molecule has 2 atom stereocenters. The molecule has 2 saturated carbocycles. The highest BCUT2D eigenvalue weighted by molar-refractivity contribution is 5.85. The van der Waals surface area contributed by atoms with Crippen molar-refractivity contribution in [3.63, 3.8) is 0 Å². The number of methoxy groups -OCH3 is 1. The van der Waals surface area contributed by atoms with Gasteiger partial charge in [-0.1, -0.05) is 12.5 Å². The van der Waals surface area contributed by atoms with E-state index in [-0.39, 0.29) is 31.0 Å². The fraction of sp³-hybridized carbons (Fsp3) is 0.611. The first kappa shape index (κ1) is 18.9. The third kappa shape index (κ3) is 4.54. The first-order valence-corrected chi connectivity index (χ1v) is 8.47. The van der Waals surface area contributed by atoms with Crippen LogP contribution in [-0.2, 0) is 4.79 Å². The zero-order valence-corrected chi connectivity index (χ0v) is 14.9. The first-order chi connectivity index (χ1) is 11.2. The molecule has 3 rings (SSSR count). The summed E-state index contributed by atoms with van der Waals surface area (Å²) in [6, 6.07) is 7.86. The van der Waals surface area contributed by atoms with Crippen LogP contribution in [0.4, 0.5) is 0 Å². The molecular formula is C18H27ClN2O3. The third-order valence-electron chi connectivity index (χ3n) is 5.12. The lowest BCUT2D eigenvalue weighted by Gasteiger charge is -2.45. The minimum atomic E-state index is -0.0507. The van der Waals surface area contributed by atoms with E-state index >= 15 is 0 Å². The Morgan fingerprint density at radius 1 is 1.25 bits per heavy atom. The van der Waals surface area contributed by atoms with E-state index in [4.69, 9.17) is 15.2 Å². The van der Waals surface area contributed by atoms with Crippen LogP contribution in [0.2, 0.25) is 0 Å². The Morgan fingerprint density at radius 3 is 2.58 bits per heavy atom. The number of benzene rings is 1. The standard InChI is InChI=1S/C18H26N2O3.ClH/c1-22-15-6-3-7-16(10-15)23-11-17(21)20-18-12-4-2-5-13(18)9-14(19)8-12;/h3,6-7,10,12-14,18H,2,4-5,8-9,11,19H2,1H3,(H,20,21);1H. The molecular weight excluding hydrogens is 328 g/mol. The number of nitrogens with one attached hydrogen (secondary N) is 1. The van der Waals surface area contributed by atoms with E-state index in [1.54, 1.807) is 13.2 Å². The van der Waals surface area contributed by atoms with Gasteiger partial charge in [0.15, 0.2) is 6.61 Å². The normalized spacial score (nSPS) is 28.4. The number of hydrogen-bond donors (Lipinski definition) is 2. The average molecular weight is 355 g/mol. The van der Waals surface area contributed by atoms with Crippen molar-refractivity contribution in [1.82, 2.24) is 5.32 Å². The number of fused-ring (bicyclic) bond motifs is 2. The molecule has 0 heterocycles. The predicted molar refractivity (Wildman–Crippen MR) is 95.7 cm³/mol. The number of hydrogen-bond acceptors (Lipinski definition) is 4. The van der Waals surface area contributed by atoms with Gasteiger partial charge in [0.25, 0.3) is 5.91 Å². The van der Waals surface area contributed by atoms with Gasteiger partial charge in [-0.2, -0.15) is 0 Å². The number of rotatable bonds is 5. The van der Waals surface area contributed by atoms with Crippen molar-refractivity contribution in [1.29, 1.82) is 0 Å². The highest BCUT2D eigenvalue weighted by atomic mass is 35.5. The van der Waals surface area contributed by atoms with Crippen LogP contribution in [0.3, 0.4) is 0 Å². The second kappa shape index (κ2) is 8.58. The summed E-state index contributed by atoms with van der Waals surface area (Å²) >= 11 is 0. The van der Waals surface area contributed by atoms with E-state index in [0.717, 1.165) is 18.6 Å². The Hall–Kier alpha value is -1.46. The first-order valence-electron chi connectivity index (χ1n) is 8.47. The molecule has 2 bridgehead atoms. The largest absolute Gasteiger partial charge is 0.497 e. The molecule has 24 heavy (non-hydrogen) atoms. The molecule has 6 heteroatoms. The molecule has 2 aliphatic carbocycles. The molecule has 0 spiro atoms. The van der Waals surface area contributed by atoms with Crippen molar-refractivity contribution in [2.75, 3.05) is 13.7 Å². The van der Waals surface area contributed by atoms with Gasteiger partial charge in [0, 0.05) is 18.2 Å². The molecule has 134 valence electrons. The molecule has 0 aliphatic heterocycles. The van der Waals surface area contributed by atoms with E-state index in [2.05, 4.69) is 5.32 Å². The van der Waals surface area contributed by atoms with Gasteiger partial charge in [0.1, 0.15) is 11.5 Å². The minimum absolute atomic E-state index is 0. The van der Waals surface area contributed by atoms with Crippen molar-refractivity contribution in [2.24, 2.45) is 17.6 Å². The monoisotopic (exact) mass is 354 g/mol. The summed E-state index contributed by atoms with van der Waals surface area (Å²) in [5, 5.41) is 3.19. The Balaban J connectivity index is 0.00000208. The third-order valence-corrected chi connectivity index (χ3v) is 5.12. The van der Waals surface area contributed by atoms with Gasteiger partial charge >= 0.3 is 0 Å². The number of ether oxygens (including phenoxy) is 2. The quantitative estimate of drug-likeness (QED) is 0.852. The number of halogens is 1. The van der Waals surface area contributed by atoms with Crippen LogP contribution in [0.5, 0.6) is 11.5 Å². The predicted octanol–water partition coefficient (Wildman–Crippen LogP) is 2.52. The minimum Gasteiger partial charge on any atom is -0.497 e. The number of amides is 1. The Bertz CT molecular complexity index is 541. The van der Waals surface area contributed by atoms with Crippen LogP contribution in [0.15, 0.2) is 24.3 Å². The van der Waals surface area contributed by atoms with E-state index < -0.39 is 0 Å². The summed E-state index contributed by atoms with van der Waals surface area (Å²) in [5.74, 6) is 2.37. The Labute approximate surface area is 149 Å². The molecule has 2 aliphatic rings. The van der Waals surface area contributed by atoms with Crippen molar-refractivity contribution >= 4 is 18.3 Å². The molecule has 0 saturated heterocycles. The molecule has 2 unspecified atom stereocenters.